The summed E-state index contributed by atoms with van der Waals surface area (Å²) in [6.07, 6.45) is 0. The molecule has 0 unspecified atom stereocenters. The predicted molar refractivity (Wildman–Crippen MR) is 309 cm³/mol. The predicted octanol–water partition coefficient (Wildman–Crippen LogP) is 14.6. The Hall–Kier alpha value is -6.90. The molecular weight excluding hydrogens is 847 g/mol. The summed E-state index contributed by atoms with van der Waals surface area (Å²) in [6, 6.07) is 40.3. The van der Waals surface area contributed by atoms with E-state index in [0.29, 0.717) is 0 Å². The Kier molecular flexibility index (Phi) is 29.5. The zero-order valence-electron chi connectivity index (χ0n) is 45.4. The van der Waals surface area contributed by atoms with Gasteiger partial charge in [0.15, 0.2) is 0 Å². The number of anilines is 7. The maximum Gasteiger partial charge on any atom is 0.0437 e. The van der Waals surface area contributed by atoms with E-state index in [1.165, 1.54) is 61.2 Å². The number of nitrogen functional groups attached to an aromatic ring is 7. The molecule has 0 aliphatic heterocycles. The van der Waals surface area contributed by atoms with Crippen LogP contribution < -0.4 is 40.1 Å². The lowest BCUT2D eigenvalue weighted by molar-refractivity contribution is 0.162. The van der Waals surface area contributed by atoms with Crippen LogP contribution in [0.4, 0.5) is 39.8 Å². The second-order valence-corrected chi connectivity index (χ2v) is 17.7. The maximum atomic E-state index is 5.75. The van der Waals surface area contributed by atoms with Crippen LogP contribution in [0.2, 0.25) is 0 Å². The Labute approximate surface area is 418 Å². The van der Waals surface area contributed by atoms with E-state index in [-0.39, 0.29) is 0 Å². The summed E-state index contributed by atoms with van der Waals surface area (Å²) >= 11 is 0. The van der Waals surface area contributed by atoms with Crippen molar-refractivity contribution in [1.29, 1.82) is 0 Å². The Balaban J connectivity index is 0.000000770. The van der Waals surface area contributed by atoms with E-state index in [4.69, 9.17) is 44.9 Å². The summed E-state index contributed by atoms with van der Waals surface area (Å²) in [6.45, 7) is 36.3. The highest BCUT2D eigenvalue weighted by Gasteiger charge is 1.98. The van der Waals surface area contributed by atoms with E-state index >= 15 is 0 Å². The molecule has 7 rings (SSSR count). The van der Waals surface area contributed by atoms with E-state index in [1.54, 1.807) is 0 Å². The Morgan fingerprint density at radius 3 is 1.10 bits per heavy atom. The van der Waals surface area contributed by atoms with Crippen LogP contribution in [-0.4, -0.2) is 13.2 Å². The molecule has 0 fully saturated rings. The lowest BCUT2D eigenvalue weighted by Crippen LogP contribution is -1.93. The molecule has 0 saturated heterocycles. The van der Waals surface area contributed by atoms with Crippen molar-refractivity contribution in [3.8, 4) is 0 Å². The molecule has 69 heavy (non-hydrogen) atoms. The molecule has 14 N–H and O–H groups in total. The molecule has 8 heteroatoms. The average Bonchev–Trinajstić information content (AvgIpc) is 3.27. The fourth-order valence-electron chi connectivity index (χ4n) is 6.36. The number of ether oxygens (including phenoxy) is 1. The molecule has 0 spiro atoms. The van der Waals surface area contributed by atoms with E-state index in [9.17, 15) is 0 Å². The van der Waals surface area contributed by atoms with Gasteiger partial charge in [-0.05, 0) is 232 Å². The van der Waals surface area contributed by atoms with Gasteiger partial charge in [-0.3, -0.25) is 0 Å². The van der Waals surface area contributed by atoms with E-state index in [0.717, 1.165) is 75.3 Å². The standard InChI is InChI=1S/C9H13N.6C8H11N.C4H10O/c1-6-4-7(2)9(10)8(3)5-6;1-6-3-7(2)5-8(9)4-6;1-6-3-4-8(9)5-7(6)2;1-6-3-4-8(9)7(2)5-6;1-6-3-4-7(2)8(9)5-6;1-6-4-3-5-8(9)7(6)2;1-6-4-3-5-7(2)8(6)9;1-3-5-4-2/h4-5H,10H2,1-3H3;6*3-5H,9H2,1-2H3;3-4H2,1-2H3. The fourth-order valence-corrected chi connectivity index (χ4v) is 6.36. The molecule has 7 aromatic rings. The summed E-state index contributed by atoms with van der Waals surface area (Å²) in [5.41, 5.74) is 63.8. The van der Waals surface area contributed by atoms with E-state index in [1.807, 2.05) is 168 Å². The topological polar surface area (TPSA) is 191 Å². The van der Waals surface area contributed by atoms with Gasteiger partial charge < -0.3 is 44.9 Å². The highest BCUT2D eigenvalue weighted by Crippen LogP contribution is 2.18. The van der Waals surface area contributed by atoms with Crippen LogP contribution in [0.15, 0.2) is 121 Å². The first kappa shape index (κ1) is 62.1. The quantitative estimate of drug-likeness (QED) is 0.0833. The molecule has 0 saturated carbocycles. The van der Waals surface area contributed by atoms with Crippen LogP contribution in [0.25, 0.3) is 0 Å². The summed E-state index contributed by atoms with van der Waals surface area (Å²) in [7, 11) is 0. The van der Waals surface area contributed by atoms with E-state index in [2.05, 4.69) is 71.0 Å². The number of para-hydroxylation sites is 1. The third-order valence-corrected chi connectivity index (χ3v) is 11.0. The van der Waals surface area contributed by atoms with Crippen molar-refractivity contribution in [3.05, 3.63) is 205 Å². The van der Waals surface area contributed by atoms with Crippen molar-refractivity contribution >= 4 is 39.8 Å². The second-order valence-electron chi connectivity index (χ2n) is 17.7. The molecule has 0 radical (unpaired) electrons. The number of nitrogens with two attached hydrogens (primary N) is 7. The molecule has 0 bridgehead atoms. The monoisotopic (exact) mass is 936 g/mol. The lowest BCUT2D eigenvalue weighted by Gasteiger charge is -2.04. The Morgan fingerprint density at radius 2 is 0.725 bits per heavy atom. The Bertz CT molecular complexity index is 2310. The highest BCUT2D eigenvalue weighted by atomic mass is 16.5. The number of benzene rings is 7. The van der Waals surface area contributed by atoms with Crippen LogP contribution in [0.3, 0.4) is 0 Å². The van der Waals surface area contributed by atoms with Crippen molar-refractivity contribution in [3.63, 3.8) is 0 Å². The largest absolute Gasteiger partial charge is 0.399 e. The van der Waals surface area contributed by atoms with Gasteiger partial charge in [0, 0.05) is 53.0 Å². The molecule has 0 atom stereocenters. The van der Waals surface area contributed by atoms with E-state index < -0.39 is 0 Å². The first-order valence-electron chi connectivity index (χ1n) is 23.6. The fraction of sp³-hybridized carbons (Fsp3) is 0.311. The smallest absolute Gasteiger partial charge is 0.0437 e. The first-order chi connectivity index (χ1) is 32.2. The van der Waals surface area contributed by atoms with Crippen molar-refractivity contribution in [2.75, 3.05) is 53.3 Å². The average molecular weight is 936 g/mol. The van der Waals surface area contributed by atoms with Crippen LogP contribution >= 0.6 is 0 Å². The molecule has 7 aromatic carbocycles. The minimum atomic E-state index is 0.844. The molecule has 0 aliphatic carbocycles. The van der Waals surface area contributed by atoms with Gasteiger partial charge in [-0.15, -0.1) is 0 Å². The number of rotatable bonds is 2. The maximum absolute atomic E-state index is 5.75. The normalized spacial score (nSPS) is 9.52. The number of hydrogen-bond acceptors (Lipinski definition) is 8. The molecule has 0 heterocycles. The van der Waals surface area contributed by atoms with Crippen LogP contribution in [0.5, 0.6) is 0 Å². The minimum absolute atomic E-state index is 0.844. The van der Waals surface area contributed by atoms with Gasteiger partial charge in [-0.2, -0.15) is 0 Å². The van der Waals surface area contributed by atoms with Crippen LogP contribution in [0, 0.1) is 104 Å². The zero-order valence-corrected chi connectivity index (χ0v) is 45.4. The van der Waals surface area contributed by atoms with Gasteiger partial charge in [0.05, 0.1) is 0 Å². The summed E-state index contributed by atoms with van der Waals surface area (Å²) in [5.74, 6) is 0. The van der Waals surface area contributed by atoms with Gasteiger partial charge in [0.25, 0.3) is 0 Å². The molecule has 8 nitrogen and oxygen atoms in total. The van der Waals surface area contributed by atoms with Crippen molar-refractivity contribution in [2.24, 2.45) is 0 Å². The molecular formula is C61H89N7O. The van der Waals surface area contributed by atoms with Crippen molar-refractivity contribution in [2.45, 2.75) is 118 Å². The summed E-state index contributed by atoms with van der Waals surface area (Å²) in [5, 5.41) is 0. The van der Waals surface area contributed by atoms with Gasteiger partial charge >= 0.3 is 0 Å². The number of aryl methyl sites for hydroxylation is 14. The third-order valence-electron chi connectivity index (χ3n) is 11.0. The molecule has 374 valence electrons. The lowest BCUT2D eigenvalue weighted by atomic mass is 10.1. The molecule has 0 aromatic heterocycles. The van der Waals surface area contributed by atoms with Crippen LogP contribution in [0.1, 0.15) is 97.3 Å². The van der Waals surface area contributed by atoms with Crippen molar-refractivity contribution < 1.29 is 4.74 Å². The minimum Gasteiger partial charge on any atom is -0.399 e. The second kappa shape index (κ2) is 32.7. The summed E-state index contributed by atoms with van der Waals surface area (Å²) in [4.78, 5) is 0. The van der Waals surface area contributed by atoms with Gasteiger partial charge in [-0.25, -0.2) is 0 Å². The van der Waals surface area contributed by atoms with Gasteiger partial charge in [0.2, 0.25) is 0 Å². The van der Waals surface area contributed by atoms with Crippen molar-refractivity contribution in [1.82, 2.24) is 0 Å². The highest BCUT2D eigenvalue weighted by molar-refractivity contribution is 5.55. The number of hydrogen-bond donors (Lipinski definition) is 7. The Morgan fingerprint density at radius 1 is 0.290 bits per heavy atom. The SMILES string of the molecule is CCOCC.Cc1cc(C)c(N)c(C)c1.Cc1cc(C)cc(N)c1.Cc1ccc(C)c(N)c1.Cc1ccc(N)c(C)c1.Cc1ccc(N)cc1C.Cc1cccc(C)c1N.Cc1cccc(N)c1C. The zero-order chi connectivity index (χ0) is 53.0. The van der Waals surface area contributed by atoms with Gasteiger partial charge in [0.1, 0.15) is 0 Å². The van der Waals surface area contributed by atoms with Gasteiger partial charge in [-0.1, -0.05) is 90.0 Å². The first-order valence-corrected chi connectivity index (χ1v) is 23.6. The molecule has 0 amide bonds. The molecule has 0 aliphatic rings. The summed E-state index contributed by atoms with van der Waals surface area (Å²) < 4.78 is 4.83. The van der Waals surface area contributed by atoms with Crippen LogP contribution in [-0.2, 0) is 4.74 Å². The third kappa shape index (κ3) is 26.3.